The number of nitrogens with zero attached hydrogens (tertiary/aromatic N) is 1. The minimum Gasteiger partial charge on any atom is -0.323 e. The van der Waals surface area contributed by atoms with Crippen LogP contribution in [0.2, 0.25) is 0 Å². The Kier molecular flexibility index (Phi) is 2.66. The summed E-state index contributed by atoms with van der Waals surface area (Å²) in [6.45, 7) is 7.27. The van der Waals surface area contributed by atoms with E-state index in [-0.39, 0.29) is 11.9 Å². The molecule has 2 aliphatic heterocycles. The summed E-state index contributed by atoms with van der Waals surface area (Å²) >= 11 is 0. The molecule has 0 aromatic carbocycles. The van der Waals surface area contributed by atoms with Gasteiger partial charge in [-0.25, -0.2) is 4.79 Å². The van der Waals surface area contributed by atoms with Crippen molar-refractivity contribution in [1.82, 2.24) is 15.5 Å². The Morgan fingerprint density at radius 3 is 2.56 bits per heavy atom. The van der Waals surface area contributed by atoms with Crippen LogP contribution in [0, 0.1) is 0 Å². The van der Waals surface area contributed by atoms with Crippen LogP contribution in [0.15, 0.2) is 0 Å². The fourth-order valence-electron chi connectivity index (χ4n) is 2.88. The number of hydrogen-bond donors (Lipinski definition) is 2. The molecule has 16 heavy (non-hydrogen) atoms. The van der Waals surface area contributed by atoms with Crippen LogP contribution in [0.25, 0.3) is 0 Å². The number of likely N-dealkylation sites (tertiary alicyclic amines) is 1. The number of hydrogen-bond acceptors (Lipinski definition) is 3. The van der Waals surface area contributed by atoms with Gasteiger partial charge in [0.15, 0.2) is 0 Å². The number of piperidine rings is 1. The van der Waals surface area contributed by atoms with Crippen LogP contribution in [0.5, 0.6) is 0 Å². The van der Waals surface area contributed by atoms with E-state index in [1.165, 1.54) is 0 Å². The van der Waals surface area contributed by atoms with E-state index in [0.29, 0.717) is 24.9 Å². The molecule has 5 nitrogen and oxygen atoms in total. The van der Waals surface area contributed by atoms with Gasteiger partial charge in [0.05, 0.1) is 0 Å². The highest BCUT2D eigenvalue weighted by molar-refractivity contribution is 6.07. The molecule has 2 aliphatic rings. The number of amides is 3. The summed E-state index contributed by atoms with van der Waals surface area (Å²) in [5, 5.41) is 5.12. The SMILES string of the molecule is CC(C)N1CCC2(CC1C)NC(=O)NC2=O. The summed E-state index contributed by atoms with van der Waals surface area (Å²) in [5.41, 5.74) is -0.651. The van der Waals surface area contributed by atoms with E-state index < -0.39 is 5.54 Å². The molecule has 2 rings (SSSR count). The number of imide groups is 1. The lowest BCUT2D eigenvalue weighted by Crippen LogP contribution is -2.59. The Morgan fingerprint density at radius 1 is 1.44 bits per heavy atom. The van der Waals surface area contributed by atoms with Gasteiger partial charge < -0.3 is 5.32 Å². The fourth-order valence-corrected chi connectivity index (χ4v) is 2.88. The van der Waals surface area contributed by atoms with E-state index in [4.69, 9.17) is 0 Å². The summed E-state index contributed by atoms with van der Waals surface area (Å²) in [7, 11) is 0. The third kappa shape index (κ3) is 1.69. The minimum absolute atomic E-state index is 0.159. The lowest BCUT2D eigenvalue weighted by Gasteiger charge is -2.43. The van der Waals surface area contributed by atoms with Crippen LogP contribution in [-0.4, -0.2) is 41.0 Å². The Labute approximate surface area is 95.6 Å². The quantitative estimate of drug-likeness (QED) is 0.637. The molecule has 3 amide bonds. The van der Waals surface area contributed by atoms with Crippen LogP contribution < -0.4 is 10.6 Å². The van der Waals surface area contributed by atoms with E-state index in [1.54, 1.807) is 0 Å². The Balaban J connectivity index is 2.12. The number of carbonyl (C=O) groups is 2. The van der Waals surface area contributed by atoms with Crippen molar-refractivity contribution in [2.45, 2.75) is 51.2 Å². The van der Waals surface area contributed by atoms with Gasteiger partial charge in [0.2, 0.25) is 0 Å². The van der Waals surface area contributed by atoms with Crippen molar-refractivity contribution in [3.8, 4) is 0 Å². The molecule has 2 fully saturated rings. The van der Waals surface area contributed by atoms with Crippen LogP contribution in [0.1, 0.15) is 33.6 Å². The molecule has 2 atom stereocenters. The first-order valence-electron chi connectivity index (χ1n) is 5.84. The number of urea groups is 1. The predicted octanol–water partition coefficient (Wildman–Crippen LogP) is 0.457. The van der Waals surface area contributed by atoms with Gasteiger partial charge >= 0.3 is 6.03 Å². The summed E-state index contributed by atoms with van der Waals surface area (Å²) in [6, 6.07) is 0.445. The highest BCUT2D eigenvalue weighted by Crippen LogP contribution is 2.30. The van der Waals surface area contributed by atoms with Crippen LogP contribution >= 0.6 is 0 Å². The molecule has 5 heteroatoms. The zero-order valence-corrected chi connectivity index (χ0v) is 10.0. The average molecular weight is 225 g/mol. The maximum Gasteiger partial charge on any atom is 0.322 e. The zero-order valence-electron chi connectivity index (χ0n) is 10.0. The second kappa shape index (κ2) is 3.73. The van der Waals surface area contributed by atoms with E-state index in [1.807, 2.05) is 0 Å². The standard InChI is InChI=1S/C11H19N3O2/c1-7(2)14-5-4-11(6-8(14)3)9(15)12-10(16)13-11/h7-8H,4-6H2,1-3H3,(H2,12,13,15,16). The molecular weight excluding hydrogens is 206 g/mol. The van der Waals surface area contributed by atoms with Gasteiger partial charge in [0, 0.05) is 18.6 Å². The first kappa shape index (κ1) is 11.4. The third-order valence-electron chi connectivity index (χ3n) is 3.68. The van der Waals surface area contributed by atoms with Crippen molar-refractivity contribution in [2.24, 2.45) is 0 Å². The van der Waals surface area contributed by atoms with E-state index in [9.17, 15) is 9.59 Å². The molecular formula is C11H19N3O2. The molecule has 2 saturated heterocycles. The van der Waals surface area contributed by atoms with Crippen molar-refractivity contribution in [3.63, 3.8) is 0 Å². The van der Waals surface area contributed by atoms with Crippen molar-refractivity contribution in [3.05, 3.63) is 0 Å². The summed E-state index contributed by atoms with van der Waals surface area (Å²) in [4.78, 5) is 25.3. The molecule has 1 spiro atoms. The second-order valence-corrected chi connectivity index (χ2v) is 5.13. The molecule has 0 aliphatic carbocycles. The first-order valence-corrected chi connectivity index (χ1v) is 5.84. The number of rotatable bonds is 1. The predicted molar refractivity (Wildman–Crippen MR) is 59.9 cm³/mol. The molecule has 90 valence electrons. The largest absolute Gasteiger partial charge is 0.323 e. The van der Waals surface area contributed by atoms with Gasteiger partial charge in [-0.15, -0.1) is 0 Å². The molecule has 0 aromatic rings. The maximum atomic E-state index is 11.8. The minimum atomic E-state index is -0.651. The lowest BCUT2D eigenvalue weighted by atomic mass is 9.83. The molecule has 0 bridgehead atoms. The van der Waals surface area contributed by atoms with E-state index in [2.05, 4.69) is 36.3 Å². The van der Waals surface area contributed by atoms with Gasteiger partial charge in [-0.05, 0) is 33.6 Å². The van der Waals surface area contributed by atoms with Crippen LogP contribution in [-0.2, 0) is 4.79 Å². The Bertz CT molecular complexity index is 329. The summed E-state index contributed by atoms with van der Waals surface area (Å²) in [6.07, 6.45) is 1.40. The fraction of sp³-hybridized carbons (Fsp3) is 0.818. The van der Waals surface area contributed by atoms with Gasteiger partial charge in [0.25, 0.3) is 5.91 Å². The molecule has 2 heterocycles. The lowest BCUT2D eigenvalue weighted by molar-refractivity contribution is -0.126. The normalized spacial score (nSPS) is 35.6. The maximum absolute atomic E-state index is 11.8. The highest BCUT2D eigenvalue weighted by Gasteiger charge is 2.49. The second-order valence-electron chi connectivity index (χ2n) is 5.13. The van der Waals surface area contributed by atoms with E-state index in [0.717, 1.165) is 6.54 Å². The summed E-state index contributed by atoms with van der Waals surface area (Å²) < 4.78 is 0. The monoisotopic (exact) mass is 225 g/mol. The van der Waals surface area contributed by atoms with Crippen molar-refractivity contribution < 1.29 is 9.59 Å². The van der Waals surface area contributed by atoms with Gasteiger partial charge in [-0.3, -0.25) is 15.0 Å². The Morgan fingerprint density at radius 2 is 2.12 bits per heavy atom. The third-order valence-corrected chi connectivity index (χ3v) is 3.68. The van der Waals surface area contributed by atoms with Gasteiger partial charge in [-0.2, -0.15) is 0 Å². The summed E-state index contributed by atoms with van der Waals surface area (Å²) in [5.74, 6) is -0.159. The molecule has 0 aromatic heterocycles. The molecule has 0 radical (unpaired) electrons. The topological polar surface area (TPSA) is 61.4 Å². The smallest absolute Gasteiger partial charge is 0.322 e. The molecule has 2 unspecified atom stereocenters. The zero-order chi connectivity index (χ0) is 11.9. The van der Waals surface area contributed by atoms with Gasteiger partial charge in [0.1, 0.15) is 5.54 Å². The molecule has 0 saturated carbocycles. The van der Waals surface area contributed by atoms with Crippen molar-refractivity contribution in [1.29, 1.82) is 0 Å². The highest BCUT2D eigenvalue weighted by atomic mass is 16.2. The average Bonchev–Trinajstić information content (AvgIpc) is 2.40. The van der Waals surface area contributed by atoms with E-state index >= 15 is 0 Å². The molecule has 2 N–H and O–H groups in total. The van der Waals surface area contributed by atoms with Gasteiger partial charge in [-0.1, -0.05) is 0 Å². The Hall–Kier alpha value is -1.10. The van der Waals surface area contributed by atoms with Crippen molar-refractivity contribution >= 4 is 11.9 Å². The van der Waals surface area contributed by atoms with Crippen molar-refractivity contribution in [2.75, 3.05) is 6.54 Å². The van der Waals surface area contributed by atoms with Crippen LogP contribution in [0.3, 0.4) is 0 Å². The first-order chi connectivity index (χ1) is 7.44. The number of nitrogens with one attached hydrogen (secondary N) is 2. The number of carbonyl (C=O) groups excluding carboxylic acids is 2. The van der Waals surface area contributed by atoms with Crippen LogP contribution in [0.4, 0.5) is 4.79 Å².